The highest BCUT2D eigenvalue weighted by Crippen LogP contribution is 2.26. The molecule has 1 aromatic carbocycles. The summed E-state index contributed by atoms with van der Waals surface area (Å²) in [7, 11) is 0.289. The Morgan fingerprint density at radius 3 is 2.41 bits per heavy atom. The van der Waals surface area contributed by atoms with Crippen LogP contribution in [0.25, 0.3) is 6.08 Å². The van der Waals surface area contributed by atoms with Crippen molar-refractivity contribution in [3.05, 3.63) is 56.6 Å². The molecule has 0 radical (unpaired) electrons. The standard InChI is InChI=1S/C20H24ClN3O3S2.CH2O2/c1-14(23(2)3)15-4-6-16(7-5-15)24-12-10-18(20(24)25)22-29(26,27)13-11-17-8-9-19(21)28-17;2-1-3/h4-9,11,13-14,18,22H,10,12H2,1-3H3;1H,(H,2,3)/b13-11+;/t14-,18-;/m0./s1. The Morgan fingerprint density at radius 1 is 1.25 bits per heavy atom. The second kappa shape index (κ2) is 11.6. The maximum absolute atomic E-state index is 12.7. The minimum absolute atomic E-state index is 0.241. The van der Waals surface area contributed by atoms with E-state index in [-0.39, 0.29) is 18.4 Å². The number of thiophene rings is 1. The highest BCUT2D eigenvalue weighted by Gasteiger charge is 2.34. The average molecular weight is 500 g/mol. The second-order valence-corrected chi connectivity index (χ2v) is 10.6. The number of nitrogens with one attached hydrogen (secondary N) is 1. The molecule has 1 aliphatic heterocycles. The number of nitrogens with zero attached hydrogens (tertiary/aromatic N) is 2. The van der Waals surface area contributed by atoms with Gasteiger partial charge in [-0.1, -0.05) is 23.7 Å². The van der Waals surface area contributed by atoms with Crippen molar-refractivity contribution in [1.29, 1.82) is 0 Å². The van der Waals surface area contributed by atoms with Gasteiger partial charge in [0.15, 0.2) is 0 Å². The molecule has 2 aromatic rings. The number of carbonyl (C=O) groups excluding carboxylic acids is 1. The van der Waals surface area contributed by atoms with Crippen LogP contribution in [0.1, 0.15) is 29.8 Å². The lowest BCUT2D eigenvalue weighted by Crippen LogP contribution is -2.40. The van der Waals surface area contributed by atoms with E-state index in [2.05, 4.69) is 16.5 Å². The molecule has 0 bridgehead atoms. The molecule has 174 valence electrons. The van der Waals surface area contributed by atoms with Crippen LogP contribution in [-0.4, -0.2) is 57.5 Å². The Hall–Kier alpha value is -2.24. The van der Waals surface area contributed by atoms with Crippen molar-refractivity contribution >= 4 is 57.1 Å². The molecule has 1 aliphatic rings. The van der Waals surface area contributed by atoms with E-state index in [4.69, 9.17) is 21.5 Å². The van der Waals surface area contributed by atoms with E-state index >= 15 is 0 Å². The monoisotopic (exact) mass is 499 g/mol. The third-order valence-electron chi connectivity index (χ3n) is 4.98. The molecule has 0 unspecified atom stereocenters. The fourth-order valence-corrected chi connectivity index (χ4v) is 5.16. The number of carboxylic acid groups (broad SMARTS) is 1. The Labute approximate surface area is 197 Å². The summed E-state index contributed by atoms with van der Waals surface area (Å²) >= 11 is 7.13. The maximum Gasteiger partial charge on any atom is 0.290 e. The summed E-state index contributed by atoms with van der Waals surface area (Å²) in [5, 5.41) is 7.96. The van der Waals surface area contributed by atoms with Crippen molar-refractivity contribution in [1.82, 2.24) is 9.62 Å². The summed E-state index contributed by atoms with van der Waals surface area (Å²) < 4.78 is 27.7. The number of amides is 1. The van der Waals surface area contributed by atoms with E-state index in [0.29, 0.717) is 17.3 Å². The number of halogens is 1. The third-order valence-corrected chi connectivity index (χ3v) is 7.28. The molecule has 1 aromatic heterocycles. The molecule has 0 aliphatic carbocycles. The summed E-state index contributed by atoms with van der Waals surface area (Å²) in [5.74, 6) is -0.241. The molecule has 3 rings (SSSR count). The van der Waals surface area contributed by atoms with Crippen molar-refractivity contribution < 1.29 is 23.1 Å². The van der Waals surface area contributed by atoms with E-state index in [1.807, 2.05) is 38.4 Å². The molecule has 2 N–H and O–H groups in total. The molecule has 2 heterocycles. The Morgan fingerprint density at radius 2 is 1.88 bits per heavy atom. The predicted molar refractivity (Wildman–Crippen MR) is 128 cm³/mol. The molecule has 1 amide bonds. The topological polar surface area (TPSA) is 107 Å². The lowest BCUT2D eigenvalue weighted by molar-refractivity contribution is -0.123. The highest BCUT2D eigenvalue weighted by molar-refractivity contribution is 7.92. The molecular formula is C21H26ClN3O5S2. The summed E-state index contributed by atoms with van der Waals surface area (Å²) in [6.45, 7) is 2.33. The van der Waals surface area contributed by atoms with E-state index < -0.39 is 16.1 Å². The van der Waals surface area contributed by atoms with E-state index in [9.17, 15) is 13.2 Å². The van der Waals surface area contributed by atoms with Crippen LogP contribution in [-0.2, 0) is 19.6 Å². The van der Waals surface area contributed by atoms with Gasteiger partial charge in [0.2, 0.25) is 15.9 Å². The van der Waals surface area contributed by atoms with Gasteiger partial charge in [0.05, 0.1) is 4.34 Å². The van der Waals surface area contributed by atoms with Crippen LogP contribution >= 0.6 is 22.9 Å². The number of rotatable bonds is 7. The van der Waals surface area contributed by atoms with Crippen molar-refractivity contribution in [2.45, 2.75) is 25.4 Å². The summed E-state index contributed by atoms with van der Waals surface area (Å²) in [5.41, 5.74) is 1.93. The van der Waals surface area contributed by atoms with Crippen LogP contribution in [0.15, 0.2) is 41.8 Å². The van der Waals surface area contributed by atoms with Gasteiger partial charge in [0.25, 0.3) is 6.47 Å². The van der Waals surface area contributed by atoms with Gasteiger partial charge in [-0.3, -0.25) is 9.59 Å². The number of benzene rings is 1. The number of hydrogen-bond acceptors (Lipinski definition) is 6. The van der Waals surface area contributed by atoms with Gasteiger partial charge >= 0.3 is 0 Å². The quantitative estimate of drug-likeness (QED) is 0.565. The zero-order chi connectivity index (χ0) is 23.9. The van der Waals surface area contributed by atoms with Gasteiger partial charge in [0.1, 0.15) is 6.04 Å². The van der Waals surface area contributed by atoms with Crippen molar-refractivity contribution in [2.24, 2.45) is 0 Å². The SMILES string of the molecule is C[C@@H](c1ccc(N2CC[C@H](NS(=O)(=O)/C=C/c3ccc(Cl)s3)C2=O)cc1)N(C)C.O=CO. The van der Waals surface area contributed by atoms with Crippen LogP contribution < -0.4 is 9.62 Å². The number of hydrogen-bond donors (Lipinski definition) is 2. The fourth-order valence-electron chi connectivity index (χ4n) is 3.09. The Kier molecular flexibility index (Phi) is 9.41. The zero-order valence-corrected chi connectivity index (χ0v) is 20.3. The largest absolute Gasteiger partial charge is 0.483 e. The molecular weight excluding hydrogens is 474 g/mol. The normalized spacial score (nSPS) is 17.5. The number of sulfonamides is 1. The van der Waals surface area contributed by atoms with Crippen LogP contribution in [0, 0.1) is 0 Å². The van der Waals surface area contributed by atoms with Crippen LogP contribution in [0.4, 0.5) is 5.69 Å². The van der Waals surface area contributed by atoms with Crippen LogP contribution in [0.3, 0.4) is 0 Å². The molecule has 2 atom stereocenters. The molecule has 11 heteroatoms. The van der Waals surface area contributed by atoms with E-state index in [0.717, 1.165) is 21.5 Å². The first-order valence-corrected chi connectivity index (χ1v) is 12.4. The molecule has 1 fully saturated rings. The number of anilines is 1. The summed E-state index contributed by atoms with van der Waals surface area (Å²) in [6.07, 6.45) is 1.90. The summed E-state index contributed by atoms with van der Waals surface area (Å²) in [4.78, 5) is 25.6. The van der Waals surface area contributed by atoms with Crippen molar-refractivity contribution in [2.75, 3.05) is 25.5 Å². The minimum Gasteiger partial charge on any atom is -0.483 e. The van der Waals surface area contributed by atoms with Crippen molar-refractivity contribution in [3.63, 3.8) is 0 Å². The van der Waals surface area contributed by atoms with Gasteiger partial charge in [-0.05, 0) is 63.3 Å². The Balaban J connectivity index is 0.00000114. The Bertz CT molecular complexity index is 1050. The molecule has 32 heavy (non-hydrogen) atoms. The average Bonchev–Trinajstić information content (AvgIpc) is 3.32. The van der Waals surface area contributed by atoms with E-state index in [1.165, 1.54) is 17.4 Å². The summed E-state index contributed by atoms with van der Waals surface area (Å²) in [6, 6.07) is 10.8. The predicted octanol–water partition coefficient (Wildman–Crippen LogP) is 3.42. The minimum atomic E-state index is -3.74. The first-order chi connectivity index (χ1) is 15.1. The first-order valence-electron chi connectivity index (χ1n) is 9.69. The van der Waals surface area contributed by atoms with Crippen LogP contribution in [0.5, 0.6) is 0 Å². The maximum atomic E-state index is 12.7. The van der Waals surface area contributed by atoms with Gasteiger partial charge in [-0.25, -0.2) is 8.42 Å². The first kappa shape index (κ1) is 26.0. The fraction of sp³-hybridized carbons (Fsp3) is 0.333. The zero-order valence-electron chi connectivity index (χ0n) is 17.9. The molecule has 8 nitrogen and oxygen atoms in total. The third kappa shape index (κ3) is 7.14. The van der Waals surface area contributed by atoms with Gasteiger partial charge < -0.3 is 14.9 Å². The van der Waals surface area contributed by atoms with Gasteiger partial charge in [-0.2, -0.15) is 4.72 Å². The molecule has 1 saturated heterocycles. The highest BCUT2D eigenvalue weighted by atomic mass is 35.5. The lowest BCUT2D eigenvalue weighted by atomic mass is 10.1. The van der Waals surface area contributed by atoms with Gasteiger partial charge in [0, 0.05) is 28.6 Å². The smallest absolute Gasteiger partial charge is 0.290 e. The number of carbonyl (C=O) groups is 2. The second-order valence-electron chi connectivity index (χ2n) is 7.28. The van der Waals surface area contributed by atoms with E-state index in [1.54, 1.807) is 17.0 Å². The lowest BCUT2D eigenvalue weighted by Gasteiger charge is -2.22. The van der Waals surface area contributed by atoms with Crippen LogP contribution in [0.2, 0.25) is 4.34 Å². The van der Waals surface area contributed by atoms with Gasteiger partial charge in [-0.15, -0.1) is 11.3 Å². The van der Waals surface area contributed by atoms with Crippen molar-refractivity contribution in [3.8, 4) is 0 Å². The molecule has 0 saturated carbocycles. The molecule has 0 spiro atoms.